The summed E-state index contributed by atoms with van der Waals surface area (Å²) >= 11 is 14.0. The lowest BCUT2D eigenvalue weighted by Gasteiger charge is -2.10. The van der Waals surface area contributed by atoms with Gasteiger partial charge in [0, 0.05) is 0 Å². The smallest absolute Gasteiger partial charge is 0.329 e. The van der Waals surface area contributed by atoms with E-state index in [0.717, 1.165) is 9.13 Å². The minimum absolute atomic E-state index is 0.0107. The maximum Gasteiger partial charge on any atom is 0.329 e. The van der Waals surface area contributed by atoms with E-state index in [1.807, 2.05) is 6.07 Å². The molecule has 0 radical (unpaired) electrons. The number of halogens is 3. The monoisotopic (exact) mass is 546 g/mol. The molecule has 2 N–H and O–H groups in total. The van der Waals surface area contributed by atoms with Crippen LogP contribution in [0.5, 0.6) is 5.75 Å². The van der Waals surface area contributed by atoms with Gasteiger partial charge in [-0.15, -0.1) is 0 Å². The number of carboxylic acids is 1. The summed E-state index contributed by atoms with van der Waals surface area (Å²) in [6.45, 7) is -0.396. The van der Waals surface area contributed by atoms with Crippen molar-refractivity contribution < 1.29 is 24.2 Å². The van der Waals surface area contributed by atoms with E-state index in [-0.39, 0.29) is 5.70 Å². The molecule has 1 fully saturated rings. The fourth-order valence-corrected chi connectivity index (χ4v) is 3.55. The van der Waals surface area contributed by atoms with E-state index in [1.54, 1.807) is 30.3 Å². The van der Waals surface area contributed by atoms with Crippen LogP contribution in [0.3, 0.4) is 0 Å². The highest BCUT2D eigenvalue weighted by Crippen LogP contribution is 2.27. The number of nitrogens with one attached hydrogen (secondary N) is 1. The first-order valence-corrected chi connectivity index (χ1v) is 10.0. The second-order valence-corrected chi connectivity index (χ2v) is 7.98. The fraction of sp³-hybridized carbons (Fsp3) is 0.105. The summed E-state index contributed by atoms with van der Waals surface area (Å²) in [5.41, 5.74) is 1.52. The zero-order chi connectivity index (χ0) is 21.1. The zero-order valence-electron chi connectivity index (χ0n) is 14.6. The van der Waals surface area contributed by atoms with Crippen LogP contribution in [0.2, 0.25) is 10.0 Å². The Balaban J connectivity index is 1.71. The second-order valence-electron chi connectivity index (χ2n) is 6.00. The van der Waals surface area contributed by atoms with Gasteiger partial charge in [-0.2, -0.15) is 0 Å². The molecule has 0 bridgehead atoms. The predicted molar refractivity (Wildman–Crippen MR) is 116 cm³/mol. The summed E-state index contributed by atoms with van der Waals surface area (Å²) < 4.78 is 6.59. The summed E-state index contributed by atoms with van der Waals surface area (Å²) in [5.74, 6) is -1.33. The Labute approximate surface area is 189 Å². The highest BCUT2D eigenvalue weighted by atomic mass is 127. The van der Waals surface area contributed by atoms with Crippen LogP contribution in [0, 0.1) is 3.57 Å². The molecule has 2 aromatic rings. The largest absolute Gasteiger partial charge is 0.488 e. The summed E-state index contributed by atoms with van der Waals surface area (Å²) in [5, 5.41) is 12.1. The van der Waals surface area contributed by atoms with Gasteiger partial charge < -0.3 is 15.2 Å². The van der Waals surface area contributed by atoms with Crippen LogP contribution in [-0.4, -0.2) is 34.5 Å². The summed E-state index contributed by atoms with van der Waals surface area (Å²) in [6.07, 6.45) is 1.48. The number of ether oxygens (including phenoxy) is 1. The molecule has 3 rings (SSSR count). The molecule has 0 atom stereocenters. The Morgan fingerprint density at radius 3 is 2.59 bits per heavy atom. The van der Waals surface area contributed by atoms with Gasteiger partial charge >= 0.3 is 12.0 Å². The number of nitrogens with zero attached hydrogens (tertiary/aromatic N) is 1. The molecule has 10 heteroatoms. The van der Waals surface area contributed by atoms with Gasteiger partial charge in [-0.1, -0.05) is 35.3 Å². The van der Waals surface area contributed by atoms with Crippen molar-refractivity contribution in [3.63, 3.8) is 0 Å². The molecule has 150 valence electrons. The number of aliphatic carboxylic acids is 1. The molecule has 0 spiro atoms. The van der Waals surface area contributed by atoms with Crippen LogP contribution in [0.15, 0.2) is 42.1 Å². The van der Waals surface area contributed by atoms with Crippen LogP contribution in [0.4, 0.5) is 4.79 Å². The Morgan fingerprint density at radius 2 is 1.93 bits per heavy atom. The van der Waals surface area contributed by atoms with Crippen molar-refractivity contribution >= 4 is 69.8 Å². The Hall–Kier alpha value is -2.30. The van der Waals surface area contributed by atoms with Crippen molar-refractivity contribution in [2.75, 3.05) is 6.54 Å². The number of carboxylic acid groups (broad SMARTS) is 1. The number of imide groups is 1. The Morgan fingerprint density at radius 1 is 1.17 bits per heavy atom. The number of amides is 3. The number of benzene rings is 2. The van der Waals surface area contributed by atoms with E-state index < -0.39 is 24.5 Å². The minimum atomic E-state index is -1.27. The van der Waals surface area contributed by atoms with Crippen LogP contribution >= 0.6 is 45.8 Å². The van der Waals surface area contributed by atoms with Gasteiger partial charge in [0.15, 0.2) is 0 Å². The fourth-order valence-electron chi connectivity index (χ4n) is 2.53. The van der Waals surface area contributed by atoms with E-state index in [9.17, 15) is 14.4 Å². The zero-order valence-corrected chi connectivity index (χ0v) is 18.3. The number of carbonyl (C=O) groups is 3. The number of carbonyl (C=O) groups excluding carboxylic acids is 2. The highest BCUT2D eigenvalue weighted by Gasteiger charge is 2.34. The lowest BCUT2D eigenvalue weighted by atomic mass is 10.2. The maximum atomic E-state index is 12.2. The predicted octanol–water partition coefficient (Wildman–Crippen LogP) is 4.15. The molecule has 1 aliphatic rings. The molecule has 3 amide bonds. The normalized spacial score (nSPS) is 15.0. The lowest BCUT2D eigenvalue weighted by molar-refractivity contribution is -0.140. The van der Waals surface area contributed by atoms with Crippen LogP contribution in [-0.2, 0) is 16.2 Å². The number of rotatable bonds is 6. The number of hydrogen-bond acceptors (Lipinski definition) is 4. The molecule has 0 unspecified atom stereocenters. The minimum Gasteiger partial charge on any atom is -0.488 e. The van der Waals surface area contributed by atoms with E-state index >= 15 is 0 Å². The van der Waals surface area contributed by atoms with Gasteiger partial charge in [0.2, 0.25) is 0 Å². The first-order chi connectivity index (χ1) is 13.7. The maximum absolute atomic E-state index is 12.2. The van der Waals surface area contributed by atoms with Crippen LogP contribution < -0.4 is 10.1 Å². The average Bonchev–Trinajstić information content (AvgIpc) is 2.91. The third kappa shape index (κ3) is 5.20. The molecule has 1 heterocycles. The molecule has 1 saturated heterocycles. The third-order valence-corrected chi connectivity index (χ3v) is 5.48. The summed E-state index contributed by atoms with van der Waals surface area (Å²) in [7, 11) is 0. The van der Waals surface area contributed by atoms with E-state index in [4.69, 9.17) is 33.0 Å². The van der Waals surface area contributed by atoms with Crippen LogP contribution in [0.1, 0.15) is 11.1 Å². The topological polar surface area (TPSA) is 95.9 Å². The van der Waals surface area contributed by atoms with Gasteiger partial charge in [-0.25, -0.2) is 9.69 Å². The molecule has 0 saturated carbocycles. The van der Waals surface area contributed by atoms with Crippen molar-refractivity contribution in [2.24, 2.45) is 0 Å². The van der Waals surface area contributed by atoms with Gasteiger partial charge in [0.25, 0.3) is 5.91 Å². The molecule has 0 aliphatic carbocycles. The number of hydrogen-bond donors (Lipinski definition) is 2. The molecular formula is C19H13Cl2IN2O5. The standard InChI is InChI=1S/C19H13Cl2IN2O5/c20-12-3-1-11(5-13(12)21)9-29-16-4-2-10(6-14(16)22)7-15-18(27)24(8-17(25)26)19(28)23-15/h1-7H,8-9H2,(H,23,28)(H,25,26)/b15-7+. The van der Waals surface area contributed by atoms with Crippen molar-refractivity contribution in [3.05, 3.63) is 66.8 Å². The van der Waals surface area contributed by atoms with Crippen molar-refractivity contribution in [1.29, 1.82) is 0 Å². The third-order valence-electron chi connectivity index (χ3n) is 3.90. The van der Waals surface area contributed by atoms with E-state index in [1.165, 1.54) is 6.08 Å². The van der Waals surface area contributed by atoms with Gasteiger partial charge in [-0.3, -0.25) is 9.59 Å². The van der Waals surface area contributed by atoms with Gasteiger partial charge in [0.1, 0.15) is 24.6 Å². The summed E-state index contributed by atoms with van der Waals surface area (Å²) in [6, 6.07) is 9.71. The van der Waals surface area contributed by atoms with E-state index in [2.05, 4.69) is 27.9 Å². The Bertz CT molecular complexity index is 1040. The first-order valence-electron chi connectivity index (χ1n) is 8.17. The molecule has 0 aromatic heterocycles. The summed E-state index contributed by atoms with van der Waals surface area (Å²) in [4.78, 5) is 35.3. The average molecular weight is 547 g/mol. The van der Waals surface area contributed by atoms with Gasteiger partial charge in [-0.05, 0) is 64.1 Å². The number of urea groups is 1. The molecule has 7 nitrogen and oxygen atoms in total. The Kier molecular flexibility index (Phi) is 6.66. The van der Waals surface area contributed by atoms with Crippen molar-refractivity contribution in [1.82, 2.24) is 10.2 Å². The molecule has 2 aromatic carbocycles. The van der Waals surface area contributed by atoms with E-state index in [0.29, 0.717) is 32.9 Å². The molecule has 1 aliphatic heterocycles. The quantitative estimate of drug-likeness (QED) is 0.322. The first kappa shape index (κ1) is 21.4. The van der Waals surface area contributed by atoms with Crippen LogP contribution in [0.25, 0.3) is 6.08 Å². The van der Waals surface area contributed by atoms with Crippen molar-refractivity contribution in [2.45, 2.75) is 6.61 Å². The lowest BCUT2D eigenvalue weighted by Crippen LogP contribution is -2.35. The molecular weight excluding hydrogens is 534 g/mol. The second kappa shape index (κ2) is 9.02. The molecule has 29 heavy (non-hydrogen) atoms. The van der Waals surface area contributed by atoms with Gasteiger partial charge in [0.05, 0.1) is 13.6 Å². The highest BCUT2D eigenvalue weighted by molar-refractivity contribution is 14.1. The SMILES string of the molecule is O=C(O)CN1C(=O)N/C(=C/c2ccc(OCc3ccc(Cl)c(Cl)c3)c(I)c2)C1=O. The van der Waals surface area contributed by atoms with Crippen molar-refractivity contribution in [3.8, 4) is 5.75 Å².